The fourth-order valence-corrected chi connectivity index (χ4v) is 3.78. The molecule has 2 aromatic rings. The van der Waals surface area contributed by atoms with Crippen molar-refractivity contribution in [2.45, 2.75) is 38.0 Å². The van der Waals surface area contributed by atoms with Gasteiger partial charge in [-0.05, 0) is 43.9 Å². The van der Waals surface area contributed by atoms with Crippen LogP contribution in [0.3, 0.4) is 0 Å². The van der Waals surface area contributed by atoms with Crippen LogP contribution in [0.25, 0.3) is 0 Å². The van der Waals surface area contributed by atoms with Crippen molar-refractivity contribution in [3.05, 3.63) is 57.4 Å². The summed E-state index contributed by atoms with van der Waals surface area (Å²) in [5, 5.41) is 0. The minimum Gasteiger partial charge on any atom is -0.469 e. The summed E-state index contributed by atoms with van der Waals surface area (Å²) in [4.78, 5) is 42.1. The topological polar surface area (TPSA) is 83.4 Å². The molecule has 6 heteroatoms. The van der Waals surface area contributed by atoms with Gasteiger partial charge in [0.2, 0.25) is 0 Å². The molecule has 0 bridgehead atoms. The van der Waals surface area contributed by atoms with Crippen molar-refractivity contribution in [1.29, 1.82) is 0 Å². The van der Waals surface area contributed by atoms with E-state index < -0.39 is 5.56 Å². The first kappa shape index (κ1) is 15.9. The first-order chi connectivity index (χ1) is 12.1. The Hall–Kier alpha value is -2.63. The van der Waals surface area contributed by atoms with Crippen LogP contribution in [0.1, 0.15) is 63.8 Å². The van der Waals surface area contributed by atoms with E-state index in [4.69, 9.17) is 4.42 Å². The largest absolute Gasteiger partial charge is 0.469 e. The SMILES string of the molecule is O=C1CC(c2ccco2)Cc2[nH]c(=O)c(C(=O)N3CCCCC3)cc21. The minimum absolute atomic E-state index is 0.0633. The highest BCUT2D eigenvalue weighted by molar-refractivity contribution is 6.02. The number of H-pyrrole nitrogens is 1. The van der Waals surface area contributed by atoms with E-state index in [1.54, 1.807) is 17.2 Å². The molecule has 1 saturated heterocycles. The average molecular weight is 340 g/mol. The molecular formula is C19H20N2O4. The van der Waals surface area contributed by atoms with Gasteiger partial charge in [0.25, 0.3) is 11.5 Å². The van der Waals surface area contributed by atoms with Gasteiger partial charge in [0.1, 0.15) is 11.3 Å². The monoisotopic (exact) mass is 340 g/mol. The number of aromatic nitrogens is 1. The molecule has 1 aliphatic heterocycles. The highest BCUT2D eigenvalue weighted by atomic mass is 16.3. The maximum absolute atomic E-state index is 12.6. The molecular weight excluding hydrogens is 320 g/mol. The first-order valence-corrected chi connectivity index (χ1v) is 8.75. The van der Waals surface area contributed by atoms with Gasteiger partial charge in [0.05, 0.1) is 6.26 Å². The number of likely N-dealkylation sites (tertiary alicyclic amines) is 1. The molecule has 0 spiro atoms. The molecule has 25 heavy (non-hydrogen) atoms. The van der Waals surface area contributed by atoms with Crippen molar-refractivity contribution < 1.29 is 14.0 Å². The van der Waals surface area contributed by atoms with Gasteiger partial charge in [-0.15, -0.1) is 0 Å². The first-order valence-electron chi connectivity index (χ1n) is 8.75. The van der Waals surface area contributed by atoms with Gasteiger partial charge in [-0.2, -0.15) is 0 Å². The van der Waals surface area contributed by atoms with E-state index >= 15 is 0 Å². The van der Waals surface area contributed by atoms with E-state index in [-0.39, 0.29) is 23.2 Å². The fraction of sp³-hybridized carbons (Fsp3) is 0.421. The molecule has 2 aromatic heterocycles. The smallest absolute Gasteiger partial charge is 0.261 e. The van der Waals surface area contributed by atoms with Crippen LogP contribution in [-0.4, -0.2) is 34.7 Å². The number of rotatable bonds is 2. The lowest BCUT2D eigenvalue weighted by atomic mass is 9.84. The zero-order valence-corrected chi connectivity index (χ0v) is 13.9. The number of Topliss-reactive ketones (excluding diaryl/α,β-unsaturated/α-hetero) is 1. The number of aromatic amines is 1. The number of furan rings is 1. The molecule has 1 unspecified atom stereocenters. The van der Waals surface area contributed by atoms with Crippen molar-refractivity contribution in [2.75, 3.05) is 13.1 Å². The predicted octanol–water partition coefficient (Wildman–Crippen LogP) is 2.51. The van der Waals surface area contributed by atoms with Gasteiger partial charge in [0.15, 0.2) is 5.78 Å². The minimum atomic E-state index is -0.415. The molecule has 1 fully saturated rings. The van der Waals surface area contributed by atoms with Gasteiger partial charge >= 0.3 is 0 Å². The predicted molar refractivity (Wildman–Crippen MR) is 90.9 cm³/mol. The third-order valence-electron chi connectivity index (χ3n) is 5.12. The maximum atomic E-state index is 12.6. The summed E-state index contributed by atoms with van der Waals surface area (Å²) in [5.74, 6) is 0.332. The second-order valence-electron chi connectivity index (χ2n) is 6.80. The van der Waals surface area contributed by atoms with Crippen LogP contribution < -0.4 is 5.56 Å². The van der Waals surface area contributed by atoms with Gasteiger partial charge in [-0.25, -0.2) is 0 Å². The van der Waals surface area contributed by atoms with E-state index in [1.807, 2.05) is 6.07 Å². The third-order valence-corrected chi connectivity index (χ3v) is 5.12. The van der Waals surface area contributed by atoms with Crippen LogP contribution in [0.5, 0.6) is 0 Å². The number of hydrogen-bond donors (Lipinski definition) is 1. The summed E-state index contributed by atoms with van der Waals surface area (Å²) in [6, 6.07) is 5.12. The lowest BCUT2D eigenvalue weighted by Gasteiger charge is -2.27. The number of fused-ring (bicyclic) bond motifs is 1. The number of nitrogens with one attached hydrogen (secondary N) is 1. The molecule has 0 aromatic carbocycles. The van der Waals surface area contributed by atoms with Crippen molar-refractivity contribution >= 4 is 11.7 Å². The van der Waals surface area contributed by atoms with Crippen LogP contribution in [0.15, 0.2) is 33.7 Å². The molecule has 1 aliphatic carbocycles. The van der Waals surface area contributed by atoms with Crippen molar-refractivity contribution in [3.63, 3.8) is 0 Å². The lowest BCUT2D eigenvalue weighted by Crippen LogP contribution is -2.39. The maximum Gasteiger partial charge on any atom is 0.261 e. The van der Waals surface area contributed by atoms with Crippen LogP contribution >= 0.6 is 0 Å². The Morgan fingerprint density at radius 3 is 2.68 bits per heavy atom. The number of carbonyl (C=O) groups excluding carboxylic acids is 2. The number of hydrogen-bond acceptors (Lipinski definition) is 4. The van der Waals surface area contributed by atoms with Crippen LogP contribution in [0.4, 0.5) is 0 Å². The summed E-state index contributed by atoms with van der Waals surface area (Å²) < 4.78 is 5.40. The second kappa shape index (κ2) is 6.35. The van der Waals surface area contributed by atoms with Gasteiger partial charge < -0.3 is 14.3 Å². The summed E-state index contributed by atoms with van der Waals surface area (Å²) in [7, 11) is 0. The Kier molecular flexibility index (Phi) is 4.03. The summed E-state index contributed by atoms with van der Waals surface area (Å²) in [6.45, 7) is 1.34. The van der Waals surface area contributed by atoms with Crippen molar-refractivity contribution in [2.24, 2.45) is 0 Å². The third kappa shape index (κ3) is 2.92. The van der Waals surface area contributed by atoms with E-state index in [9.17, 15) is 14.4 Å². The Labute approximate surface area is 144 Å². The number of carbonyl (C=O) groups is 2. The number of amides is 1. The number of nitrogens with zero attached hydrogens (tertiary/aromatic N) is 1. The molecule has 3 heterocycles. The van der Waals surface area contributed by atoms with Gasteiger partial charge in [-0.3, -0.25) is 14.4 Å². The van der Waals surface area contributed by atoms with E-state index in [0.29, 0.717) is 37.2 Å². The number of ketones is 1. The summed E-state index contributed by atoms with van der Waals surface area (Å²) in [5.41, 5.74) is 0.716. The summed E-state index contributed by atoms with van der Waals surface area (Å²) >= 11 is 0. The van der Waals surface area contributed by atoms with Crippen LogP contribution in [0.2, 0.25) is 0 Å². The standard InChI is InChI=1S/C19H20N2O4/c22-16-10-12(17-5-4-8-25-17)9-15-13(16)11-14(18(23)20-15)19(24)21-6-2-1-3-7-21/h4-5,8,11-12H,1-3,6-7,9-10H2,(H,20,23). The molecule has 4 rings (SSSR count). The zero-order valence-electron chi connectivity index (χ0n) is 13.9. The molecule has 1 amide bonds. The van der Waals surface area contributed by atoms with E-state index in [0.717, 1.165) is 25.0 Å². The molecule has 130 valence electrons. The Bertz CT molecular complexity index is 860. The zero-order chi connectivity index (χ0) is 17.4. The van der Waals surface area contributed by atoms with Gasteiger partial charge in [0, 0.05) is 36.7 Å². The molecule has 0 radical (unpaired) electrons. The Morgan fingerprint density at radius 1 is 1.16 bits per heavy atom. The second-order valence-corrected chi connectivity index (χ2v) is 6.80. The molecule has 1 atom stereocenters. The highest BCUT2D eigenvalue weighted by Gasteiger charge is 2.31. The van der Waals surface area contributed by atoms with Crippen LogP contribution in [0, 0.1) is 0 Å². The lowest BCUT2D eigenvalue weighted by molar-refractivity contribution is 0.0722. The number of piperidine rings is 1. The average Bonchev–Trinajstić information content (AvgIpc) is 3.16. The molecule has 0 saturated carbocycles. The molecule has 2 aliphatic rings. The van der Waals surface area contributed by atoms with Crippen LogP contribution in [-0.2, 0) is 6.42 Å². The van der Waals surface area contributed by atoms with E-state index in [1.165, 1.54) is 6.07 Å². The Balaban J connectivity index is 1.66. The highest BCUT2D eigenvalue weighted by Crippen LogP contribution is 2.31. The fourth-order valence-electron chi connectivity index (χ4n) is 3.78. The van der Waals surface area contributed by atoms with E-state index in [2.05, 4.69) is 4.98 Å². The Morgan fingerprint density at radius 2 is 1.96 bits per heavy atom. The quantitative estimate of drug-likeness (QED) is 0.910. The summed E-state index contributed by atoms with van der Waals surface area (Å²) in [6.07, 6.45) is 5.46. The van der Waals surface area contributed by atoms with Gasteiger partial charge in [-0.1, -0.05) is 0 Å². The van der Waals surface area contributed by atoms with Crippen molar-refractivity contribution in [3.8, 4) is 0 Å². The molecule has 1 N–H and O–H groups in total. The molecule has 6 nitrogen and oxygen atoms in total. The number of pyridine rings is 1. The normalized spacial score (nSPS) is 20.4. The van der Waals surface area contributed by atoms with Crippen molar-refractivity contribution in [1.82, 2.24) is 9.88 Å².